The van der Waals surface area contributed by atoms with E-state index in [4.69, 9.17) is 24.1 Å². The Labute approximate surface area is 153 Å². The average molecular weight is 368 g/mol. The van der Waals surface area contributed by atoms with Crippen LogP contribution in [-0.4, -0.2) is 42.0 Å². The topological polar surface area (TPSA) is 91.3 Å². The van der Waals surface area contributed by atoms with Crippen LogP contribution in [0.1, 0.15) is 52.9 Å². The summed E-state index contributed by atoms with van der Waals surface area (Å²) in [6.45, 7) is 6.88. The van der Waals surface area contributed by atoms with Gasteiger partial charge in [0.15, 0.2) is 12.1 Å². The highest BCUT2D eigenvalue weighted by atomic mass is 16.8. The van der Waals surface area contributed by atoms with Gasteiger partial charge in [0.1, 0.15) is 6.42 Å². The molecule has 7 nitrogen and oxygen atoms in total. The second-order valence-corrected chi connectivity index (χ2v) is 8.71. The van der Waals surface area contributed by atoms with E-state index in [1.165, 1.54) is 0 Å². The molecule has 0 amide bonds. The van der Waals surface area contributed by atoms with Gasteiger partial charge in [-0.05, 0) is 37.5 Å². The van der Waals surface area contributed by atoms with Gasteiger partial charge in [0, 0.05) is 12.3 Å². The van der Waals surface area contributed by atoms with Crippen molar-refractivity contribution in [2.24, 2.45) is 29.1 Å². The molecule has 4 aliphatic heterocycles. The molecule has 5 rings (SSSR count). The molecule has 4 unspecified atom stereocenters. The zero-order valence-corrected chi connectivity index (χ0v) is 15.6. The fraction of sp³-hybridized carbons (Fsp3) is 0.895. The van der Waals surface area contributed by atoms with E-state index in [2.05, 4.69) is 6.92 Å². The van der Waals surface area contributed by atoms with Gasteiger partial charge in [-0.25, -0.2) is 0 Å². The first kappa shape index (κ1) is 18.2. The van der Waals surface area contributed by atoms with E-state index in [-0.39, 0.29) is 17.3 Å². The third-order valence-corrected chi connectivity index (χ3v) is 7.20. The summed E-state index contributed by atoms with van der Waals surface area (Å²) in [6, 6.07) is 0. The number of aliphatic carboxylic acids is 1. The molecule has 7 heteroatoms. The maximum absolute atomic E-state index is 11.9. The minimum absolute atomic E-state index is 0.0337. The van der Waals surface area contributed by atoms with Crippen LogP contribution in [0.3, 0.4) is 0 Å². The quantitative estimate of drug-likeness (QED) is 0.604. The maximum atomic E-state index is 11.9. The molecule has 0 aromatic rings. The normalized spacial score (nSPS) is 49.8. The second kappa shape index (κ2) is 6.17. The number of fused-ring (bicyclic) bond motifs is 2. The van der Waals surface area contributed by atoms with E-state index in [0.29, 0.717) is 18.4 Å². The zero-order valence-electron chi connectivity index (χ0n) is 15.6. The summed E-state index contributed by atoms with van der Waals surface area (Å²) in [4.78, 5) is 22.7. The van der Waals surface area contributed by atoms with Gasteiger partial charge in [-0.1, -0.05) is 20.3 Å². The number of esters is 1. The Bertz CT molecular complexity index is 607. The largest absolute Gasteiger partial charge is 0.481 e. The van der Waals surface area contributed by atoms with Crippen LogP contribution in [0, 0.1) is 29.1 Å². The molecule has 146 valence electrons. The number of carbonyl (C=O) groups is 2. The maximum Gasteiger partial charge on any atom is 0.319 e. The smallest absolute Gasteiger partial charge is 0.319 e. The van der Waals surface area contributed by atoms with Crippen LogP contribution < -0.4 is 0 Å². The van der Waals surface area contributed by atoms with Crippen molar-refractivity contribution in [1.82, 2.24) is 0 Å². The van der Waals surface area contributed by atoms with Gasteiger partial charge in [-0.3, -0.25) is 9.59 Å². The minimum Gasteiger partial charge on any atom is -0.481 e. The van der Waals surface area contributed by atoms with E-state index < -0.39 is 36.7 Å². The lowest BCUT2D eigenvalue weighted by Crippen LogP contribution is -2.67. The summed E-state index contributed by atoms with van der Waals surface area (Å²) in [5, 5.41) is 8.81. The van der Waals surface area contributed by atoms with Gasteiger partial charge in [-0.15, -0.1) is 0 Å². The van der Waals surface area contributed by atoms with E-state index in [9.17, 15) is 9.59 Å². The van der Waals surface area contributed by atoms with E-state index in [1.54, 1.807) is 0 Å². The SMILES string of the molecule is C[C@H]1C(OC(=O)CC(=O)O)OC2O[C@]3(C)CCC4[C@H](C)CCC1[C@@]24CO3. The lowest BCUT2D eigenvalue weighted by atomic mass is 9.52. The zero-order chi connectivity index (χ0) is 18.7. The van der Waals surface area contributed by atoms with Crippen molar-refractivity contribution in [3.8, 4) is 0 Å². The second-order valence-electron chi connectivity index (χ2n) is 8.71. The number of ether oxygens (including phenoxy) is 4. The Kier molecular flexibility index (Phi) is 4.32. The highest BCUT2D eigenvalue weighted by Crippen LogP contribution is 2.63. The molecule has 5 fully saturated rings. The number of carbonyl (C=O) groups excluding carboxylic acids is 1. The predicted octanol–water partition coefficient (Wildman–Crippen LogP) is 2.53. The number of rotatable bonds is 3. The van der Waals surface area contributed by atoms with Gasteiger partial charge >= 0.3 is 11.9 Å². The Morgan fingerprint density at radius 2 is 1.96 bits per heavy atom. The van der Waals surface area contributed by atoms with Crippen LogP contribution in [0.5, 0.6) is 0 Å². The molecular weight excluding hydrogens is 340 g/mol. The first-order chi connectivity index (χ1) is 12.2. The standard InChI is InChI=1S/C19H28O7/c1-10-4-5-13-11(2)16(24-15(22)8-14(20)21)25-17-19(13)9-23-18(3,26-17)7-6-12(10)19/h10-13,16-17H,4-9H2,1-3H3,(H,20,21)/t10-,11-,12?,13?,16?,17?,18-,19+/m1/s1. The molecule has 5 aliphatic rings. The highest BCUT2D eigenvalue weighted by molar-refractivity contribution is 5.90. The fourth-order valence-electron chi connectivity index (χ4n) is 5.87. The van der Waals surface area contributed by atoms with Gasteiger partial charge in [0.25, 0.3) is 0 Å². The Balaban J connectivity index is 1.64. The number of hydrogen-bond acceptors (Lipinski definition) is 6. The van der Waals surface area contributed by atoms with Gasteiger partial charge in [0.05, 0.1) is 12.0 Å². The number of hydrogen-bond donors (Lipinski definition) is 1. The van der Waals surface area contributed by atoms with Crippen molar-refractivity contribution >= 4 is 11.9 Å². The summed E-state index contributed by atoms with van der Waals surface area (Å²) in [5.41, 5.74) is -0.219. The van der Waals surface area contributed by atoms with Gasteiger partial charge in [-0.2, -0.15) is 0 Å². The van der Waals surface area contributed by atoms with Crippen molar-refractivity contribution in [2.45, 2.75) is 71.2 Å². The van der Waals surface area contributed by atoms with Crippen LogP contribution in [0.2, 0.25) is 0 Å². The van der Waals surface area contributed by atoms with Crippen LogP contribution >= 0.6 is 0 Å². The number of carboxylic acid groups (broad SMARTS) is 1. The molecule has 8 atom stereocenters. The van der Waals surface area contributed by atoms with E-state index in [0.717, 1.165) is 25.7 Å². The molecule has 1 N–H and O–H groups in total. The molecule has 0 aromatic carbocycles. The Morgan fingerprint density at radius 3 is 2.69 bits per heavy atom. The van der Waals surface area contributed by atoms with Crippen molar-refractivity contribution in [3.63, 3.8) is 0 Å². The third-order valence-electron chi connectivity index (χ3n) is 7.20. The molecular formula is C19H28O7. The molecule has 0 aromatic heterocycles. The first-order valence-corrected chi connectivity index (χ1v) is 9.64. The molecule has 0 radical (unpaired) electrons. The van der Waals surface area contributed by atoms with Gasteiger partial charge in [0.2, 0.25) is 6.29 Å². The molecule has 26 heavy (non-hydrogen) atoms. The van der Waals surface area contributed by atoms with Crippen molar-refractivity contribution in [2.75, 3.05) is 6.61 Å². The minimum atomic E-state index is -1.20. The van der Waals surface area contributed by atoms with Crippen molar-refractivity contribution in [1.29, 1.82) is 0 Å². The summed E-state index contributed by atoms with van der Waals surface area (Å²) >= 11 is 0. The van der Waals surface area contributed by atoms with Gasteiger partial charge < -0.3 is 24.1 Å². The fourth-order valence-corrected chi connectivity index (χ4v) is 5.87. The van der Waals surface area contributed by atoms with Crippen LogP contribution in [0.25, 0.3) is 0 Å². The molecule has 1 aliphatic carbocycles. The van der Waals surface area contributed by atoms with Crippen molar-refractivity contribution in [3.05, 3.63) is 0 Å². The lowest BCUT2D eigenvalue weighted by molar-refractivity contribution is -0.440. The average Bonchev–Trinajstić information content (AvgIpc) is 2.78. The molecule has 2 bridgehead atoms. The number of carboxylic acids is 1. The van der Waals surface area contributed by atoms with Crippen LogP contribution in [0.15, 0.2) is 0 Å². The molecule has 4 heterocycles. The van der Waals surface area contributed by atoms with Crippen molar-refractivity contribution < 1.29 is 33.6 Å². The Hall–Kier alpha value is -1.18. The molecule has 4 saturated heterocycles. The van der Waals surface area contributed by atoms with E-state index in [1.807, 2.05) is 13.8 Å². The van der Waals surface area contributed by atoms with Crippen LogP contribution in [-0.2, 0) is 28.5 Å². The first-order valence-electron chi connectivity index (χ1n) is 9.64. The molecule has 1 saturated carbocycles. The third kappa shape index (κ3) is 2.67. The summed E-state index contributed by atoms with van der Waals surface area (Å²) in [5.74, 6) is -1.40. The monoisotopic (exact) mass is 368 g/mol. The Morgan fingerprint density at radius 1 is 1.19 bits per heavy atom. The highest BCUT2D eigenvalue weighted by Gasteiger charge is 2.67. The summed E-state index contributed by atoms with van der Waals surface area (Å²) < 4.78 is 24.0. The summed E-state index contributed by atoms with van der Waals surface area (Å²) in [6.07, 6.45) is 2.09. The van der Waals surface area contributed by atoms with Crippen LogP contribution in [0.4, 0.5) is 0 Å². The lowest BCUT2D eigenvalue weighted by Gasteiger charge is -2.61. The molecule has 1 spiro atoms. The van der Waals surface area contributed by atoms with E-state index >= 15 is 0 Å². The summed E-state index contributed by atoms with van der Waals surface area (Å²) in [7, 11) is 0. The predicted molar refractivity (Wildman–Crippen MR) is 88.7 cm³/mol.